The lowest BCUT2D eigenvalue weighted by Crippen LogP contribution is -2.41. The highest BCUT2D eigenvalue weighted by molar-refractivity contribution is 7.89. The first-order chi connectivity index (χ1) is 10.0. The smallest absolute Gasteiger partial charge is 0.244 e. The summed E-state index contributed by atoms with van der Waals surface area (Å²) in [6, 6.07) is 4.68. The third kappa shape index (κ3) is 3.59. The number of nitriles is 1. The van der Waals surface area contributed by atoms with Gasteiger partial charge >= 0.3 is 0 Å². The summed E-state index contributed by atoms with van der Waals surface area (Å²) in [6.07, 6.45) is 3.37. The maximum atomic E-state index is 12.8. The fourth-order valence-electron chi connectivity index (χ4n) is 2.27. The van der Waals surface area contributed by atoms with E-state index >= 15 is 0 Å². The number of pyridine rings is 1. The molecule has 0 spiro atoms. The summed E-state index contributed by atoms with van der Waals surface area (Å²) >= 11 is 0. The van der Waals surface area contributed by atoms with Crippen LogP contribution in [0.2, 0.25) is 0 Å². The molecular formula is C14H19N3O3S. The molecule has 1 heterocycles. The number of aromatic nitrogens is 1. The van der Waals surface area contributed by atoms with Crippen molar-refractivity contribution in [2.75, 3.05) is 20.3 Å². The number of nitrogens with zero attached hydrogens (tertiary/aromatic N) is 3. The van der Waals surface area contributed by atoms with E-state index in [1.54, 1.807) is 7.11 Å². The van der Waals surface area contributed by atoms with Gasteiger partial charge in [-0.3, -0.25) is 0 Å². The number of rotatable bonds is 7. The Labute approximate surface area is 125 Å². The molecule has 0 aromatic carbocycles. The second-order valence-corrected chi connectivity index (χ2v) is 7.07. The lowest BCUT2D eigenvalue weighted by atomic mass is 10.2. The van der Waals surface area contributed by atoms with Crippen LogP contribution in [-0.2, 0) is 14.8 Å². The monoisotopic (exact) mass is 309 g/mol. The molecule has 6 nitrogen and oxygen atoms in total. The van der Waals surface area contributed by atoms with E-state index in [9.17, 15) is 8.42 Å². The summed E-state index contributed by atoms with van der Waals surface area (Å²) in [6.45, 7) is 2.60. The van der Waals surface area contributed by atoms with Crippen molar-refractivity contribution in [3.8, 4) is 6.07 Å². The van der Waals surface area contributed by atoms with Gasteiger partial charge in [-0.25, -0.2) is 13.4 Å². The molecule has 1 aromatic rings. The number of hydrogen-bond acceptors (Lipinski definition) is 5. The van der Waals surface area contributed by atoms with Crippen molar-refractivity contribution in [2.24, 2.45) is 5.92 Å². The van der Waals surface area contributed by atoms with E-state index in [1.807, 2.05) is 13.0 Å². The van der Waals surface area contributed by atoms with E-state index in [1.165, 1.54) is 22.6 Å². The zero-order chi connectivity index (χ0) is 15.5. The van der Waals surface area contributed by atoms with E-state index < -0.39 is 10.0 Å². The largest absolute Gasteiger partial charge is 0.383 e. The van der Waals surface area contributed by atoms with Crippen molar-refractivity contribution in [1.82, 2.24) is 9.29 Å². The summed E-state index contributed by atoms with van der Waals surface area (Å²) < 4.78 is 32.0. The number of hydrogen-bond donors (Lipinski definition) is 0. The SMILES string of the molecule is COCCN(C(C)C1CC1)S(=O)(=O)c1ccc(C#N)nc1. The van der Waals surface area contributed by atoms with Crippen molar-refractivity contribution >= 4 is 10.0 Å². The number of ether oxygens (including phenoxy) is 1. The van der Waals surface area contributed by atoms with Crippen LogP contribution < -0.4 is 0 Å². The molecule has 7 heteroatoms. The Hall–Kier alpha value is -1.49. The second-order valence-electron chi connectivity index (χ2n) is 5.18. The van der Waals surface area contributed by atoms with Gasteiger partial charge in [-0.2, -0.15) is 9.57 Å². The van der Waals surface area contributed by atoms with Crippen LogP contribution in [0.5, 0.6) is 0 Å². The van der Waals surface area contributed by atoms with Crippen LogP contribution in [0.1, 0.15) is 25.5 Å². The van der Waals surface area contributed by atoms with E-state index in [2.05, 4.69) is 4.98 Å². The summed E-state index contributed by atoms with van der Waals surface area (Å²) in [7, 11) is -2.07. The van der Waals surface area contributed by atoms with Crippen molar-refractivity contribution < 1.29 is 13.2 Å². The highest BCUT2D eigenvalue weighted by atomic mass is 32.2. The van der Waals surface area contributed by atoms with Crippen LogP contribution in [-0.4, -0.2) is 44.0 Å². The summed E-state index contributed by atoms with van der Waals surface area (Å²) in [5.41, 5.74) is 0.202. The topological polar surface area (TPSA) is 83.3 Å². The average Bonchev–Trinajstić information content (AvgIpc) is 3.32. The Morgan fingerprint density at radius 1 is 1.52 bits per heavy atom. The van der Waals surface area contributed by atoms with Gasteiger partial charge in [0.25, 0.3) is 0 Å². The predicted octanol–water partition coefficient (Wildman–Crippen LogP) is 1.39. The zero-order valence-electron chi connectivity index (χ0n) is 12.2. The lowest BCUT2D eigenvalue weighted by molar-refractivity contribution is 0.164. The number of sulfonamides is 1. The zero-order valence-corrected chi connectivity index (χ0v) is 13.0. The van der Waals surface area contributed by atoms with E-state index in [4.69, 9.17) is 10.00 Å². The van der Waals surface area contributed by atoms with E-state index in [-0.39, 0.29) is 16.6 Å². The van der Waals surface area contributed by atoms with Gasteiger partial charge in [-0.15, -0.1) is 0 Å². The van der Waals surface area contributed by atoms with Crippen LogP contribution in [0.25, 0.3) is 0 Å². The van der Waals surface area contributed by atoms with Crippen LogP contribution in [0.3, 0.4) is 0 Å². The Morgan fingerprint density at radius 3 is 2.71 bits per heavy atom. The maximum absolute atomic E-state index is 12.8. The summed E-state index contributed by atoms with van der Waals surface area (Å²) in [5, 5.41) is 8.74. The minimum Gasteiger partial charge on any atom is -0.383 e. The van der Waals surface area contributed by atoms with Gasteiger partial charge in [0.1, 0.15) is 16.7 Å². The molecular weight excluding hydrogens is 290 g/mol. The fourth-order valence-corrected chi connectivity index (χ4v) is 3.89. The molecule has 1 atom stereocenters. The Bertz CT molecular complexity index is 618. The van der Waals surface area contributed by atoms with Gasteiger partial charge in [0.15, 0.2) is 0 Å². The van der Waals surface area contributed by atoms with Crippen molar-refractivity contribution in [1.29, 1.82) is 5.26 Å². The van der Waals surface area contributed by atoms with Gasteiger partial charge in [0.05, 0.1) is 6.61 Å². The molecule has 114 valence electrons. The standard InChI is InChI=1S/C14H19N3O3S/c1-11(12-3-4-12)17(7-8-20-2)21(18,19)14-6-5-13(9-15)16-10-14/h5-6,10-12H,3-4,7-8H2,1-2H3. The first kappa shape index (κ1) is 15.9. The van der Waals surface area contributed by atoms with E-state index in [0.29, 0.717) is 19.1 Å². The summed E-state index contributed by atoms with van der Waals surface area (Å²) in [5.74, 6) is 0.419. The Balaban J connectivity index is 2.28. The van der Waals surface area contributed by atoms with Crippen LogP contribution >= 0.6 is 0 Å². The Kier molecular flexibility index (Phi) is 4.93. The summed E-state index contributed by atoms with van der Waals surface area (Å²) in [4.78, 5) is 3.96. The number of methoxy groups -OCH3 is 1. The fraction of sp³-hybridized carbons (Fsp3) is 0.571. The van der Waals surface area contributed by atoms with Crippen molar-refractivity contribution in [3.63, 3.8) is 0 Å². The molecule has 1 unspecified atom stereocenters. The Morgan fingerprint density at radius 2 is 2.24 bits per heavy atom. The third-order valence-corrected chi connectivity index (χ3v) is 5.70. The first-order valence-corrected chi connectivity index (χ1v) is 8.31. The third-order valence-electron chi connectivity index (χ3n) is 3.73. The van der Waals surface area contributed by atoms with Crippen molar-refractivity contribution in [3.05, 3.63) is 24.0 Å². The molecule has 0 bridgehead atoms. The van der Waals surface area contributed by atoms with Crippen LogP contribution in [0, 0.1) is 17.2 Å². The van der Waals surface area contributed by atoms with Gasteiger partial charge in [0, 0.05) is 25.9 Å². The van der Waals surface area contributed by atoms with Gasteiger partial charge in [0.2, 0.25) is 10.0 Å². The first-order valence-electron chi connectivity index (χ1n) is 6.87. The minimum absolute atomic E-state index is 0.0548. The average molecular weight is 309 g/mol. The van der Waals surface area contributed by atoms with Gasteiger partial charge < -0.3 is 4.74 Å². The molecule has 21 heavy (non-hydrogen) atoms. The molecule has 1 aliphatic carbocycles. The molecule has 0 aliphatic heterocycles. The quantitative estimate of drug-likeness (QED) is 0.760. The molecule has 1 fully saturated rings. The normalized spacial score (nSPS) is 16.7. The minimum atomic E-state index is -3.62. The van der Waals surface area contributed by atoms with E-state index in [0.717, 1.165) is 12.8 Å². The molecule has 0 saturated heterocycles. The van der Waals surface area contributed by atoms with Gasteiger partial charge in [-0.1, -0.05) is 0 Å². The predicted molar refractivity (Wildman–Crippen MR) is 76.9 cm³/mol. The molecule has 1 aliphatic rings. The molecule has 0 radical (unpaired) electrons. The van der Waals surface area contributed by atoms with Crippen LogP contribution in [0.4, 0.5) is 0 Å². The molecule has 1 aromatic heterocycles. The van der Waals surface area contributed by atoms with Gasteiger partial charge in [-0.05, 0) is 37.8 Å². The van der Waals surface area contributed by atoms with Crippen molar-refractivity contribution in [2.45, 2.75) is 30.7 Å². The lowest BCUT2D eigenvalue weighted by Gasteiger charge is -2.28. The second kappa shape index (κ2) is 6.52. The molecule has 0 N–H and O–H groups in total. The van der Waals surface area contributed by atoms with Crippen LogP contribution in [0.15, 0.2) is 23.2 Å². The molecule has 0 amide bonds. The highest BCUT2D eigenvalue weighted by Crippen LogP contribution is 2.36. The molecule has 1 saturated carbocycles. The maximum Gasteiger partial charge on any atom is 0.244 e. The highest BCUT2D eigenvalue weighted by Gasteiger charge is 2.38. The molecule has 2 rings (SSSR count).